The van der Waals surface area contributed by atoms with Crippen molar-refractivity contribution >= 4 is 34.4 Å². The number of aromatic amines is 1. The van der Waals surface area contributed by atoms with Crippen molar-refractivity contribution in [3.63, 3.8) is 0 Å². The van der Waals surface area contributed by atoms with Gasteiger partial charge in [-0.3, -0.25) is 0 Å². The van der Waals surface area contributed by atoms with E-state index >= 15 is 0 Å². The molecule has 0 unspecified atom stereocenters. The molecule has 1 N–H and O–H groups in total. The Morgan fingerprint density at radius 3 is 2.56 bits per heavy atom. The van der Waals surface area contributed by atoms with Gasteiger partial charge in [-0.2, -0.15) is 14.9 Å². The number of hydrogen-bond donors (Lipinski definition) is 1. The van der Waals surface area contributed by atoms with Crippen molar-refractivity contribution in [2.45, 2.75) is 0 Å². The first-order valence-electron chi connectivity index (χ1n) is 7.32. The van der Waals surface area contributed by atoms with E-state index in [9.17, 15) is 0 Å². The molecule has 3 aromatic rings. The van der Waals surface area contributed by atoms with Crippen LogP contribution >= 0.6 is 28.1 Å². The molecule has 0 saturated heterocycles. The lowest BCUT2D eigenvalue weighted by atomic mass is 10.2. The Morgan fingerprint density at radius 2 is 1.92 bits per heavy atom. The van der Waals surface area contributed by atoms with Crippen molar-refractivity contribution in [2.75, 3.05) is 14.2 Å². The summed E-state index contributed by atoms with van der Waals surface area (Å²) < 4.78 is 13.2. The molecule has 0 aliphatic carbocycles. The van der Waals surface area contributed by atoms with Gasteiger partial charge in [0.25, 0.3) is 0 Å². The second-order valence-corrected chi connectivity index (χ2v) is 6.27. The molecule has 0 saturated carbocycles. The Labute approximate surface area is 158 Å². The van der Waals surface area contributed by atoms with Gasteiger partial charge in [-0.15, -0.1) is 0 Å². The number of hydrogen-bond acceptors (Lipinski definition) is 5. The average molecular weight is 419 g/mol. The zero-order valence-electron chi connectivity index (χ0n) is 13.6. The van der Waals surface area contributed by atoms with Crippen molar-refractivity contribution in [1.82, 2.24) is 14.9 Å². The molecule has 0 atom stereocenters. The number of nitrogens with zero attached hydrogens (tertiary/aromatic N) is 3. The molecule has 2 aromatic carbocycles. The van der Waals surface area contributed by atoms with Crippen LogP contribution in [0.25, 0.3) is 11.4 Å². The molecular formula is C17H15BrN4O2S. The molecule has 8 heteroatoms. The highest BCUT2D eigenvalue weighted by Crippen LogP contribution is 2.25. The third-order valence-corrected chi connectivity index (χ3v) is 4.38. The van der Waals surface area contributed by atoms with Crippen LogP contribution in [-0.4, -0.2) is 35.3 Å². The van der Waals surface area contributed by atoms with Crippen molar-refractivity contribution in [1.29, 1.82) is 0 Å². The molecule has 0 bridgehead atoms. The molecule has 6 nitrogen and oxygen atoms in total. The standard InChI is InChI=1S/C17H15BrN4O2S/c1-23-13-6-4-12(5-7-13)16-20-21-17(25)22(16)19-10-11-3-8-15(24-2)14(18)9-11/h3-10H,1-2H3,(H,21,25). The van der Waals surface area contributed by atoms with Crippen LogP contribution in [0.4, 0.5) is 0 Å². The van der Waals surface area contributed by atoms with Crippen LogP contribution in [0.2, 0.25) is 0 Å². The second kappa shape index (κ2) is 7.62. The normalized spacial score (nSPS) is 11.0. The fourth-order valence-electron chi connectivity index (χ4n) is 2.21. The van der Waals surface area contributed by atoms with Crippen molar-refractivity contribution in [3.05, 3.63) is 57.3 Å². The van der Waals surface area contributed by atoms with Gasteiger partial charge in [0.15, 0.2) is 5.82 Å². The molecule has 0 fully saturated rings. The summed E-state index contributed by atoms with van der Waals surface area (Å²) in [6, 6.07) is 13.2. The van der Waals surface area contributed by atoms with Gasteiger partial charge in [0.1, 0.15) is 11.5 Å². The number of halogens is 1. The van der Waals surface area contributed by atoms with Gasteiger partial charge in [0.05, 0.1) is 24.9 Å². The quantitative estimate of drug-likeness (QED) is 0.496. The number of nitrogens with one attached hydrogen (secondary N) is 1. The van der Waals surface area contributed by atoms with Crippen LogP contribution in [0.1, 0.15) is 5.56 Å². The third-order valence-electron chi connectivity index (χ3n) is 3.50. The van der Waals surface area contributed by atoms with E-state index in [0.717, 1.165) is 27.1 Å². The van der Waals surface area contributed by atoms with Crippen molar-refractivity contribution < 1.29 is 9.47 Å². The van der Waals surface area contributed by atoms with E-state index in [1.54, 1.807) is 25.1 Å². The molecule has 128 valence electrons. The first-order valence-corrected chi connectivity index (χ1v) is 8.52. The summed E-state index contributed by atoms with van der Waals surface area (Å²) in [7, 11) is 3.25. The van der Waals surface area contributed by atoms with Gasteiger partial charge >= 0.3 is 0 Å². The molecule has 0 radical (unpaired) electrons. The number of rotatable bonds is 5. The van der Waals surface area contributed by atoms with Gasteiger partial charge in [0.2, 0.25) is 4.77 Å². The number of aromatic nitrogens is 3. The summed E-state index contributed by atoms with van der Waals surface area (Å²) in [6.07, 6.45) is 1.71. The fourth-order valence-corrected chi connectivity index (χ4v) is 2.95. The van der Waals surface area contributed by atoms with Crippen molar-refractivity contribution in [3.8, 4) is 22.9 Å². The monoisotopic (exact) mass is 418 g/mol. The van der Waals surface area contributed by atoms with Crippen LogP contribution in [0.3, 0.4) is 0 Å². The first kappa shape index (κ1) is 17.4. The van der Waals surface area contributed by atoms with Crippen LogP contribution in [-0.2, 0) is 0 Å². The predicted molar refractivity (Wildman–Crippen MR) is 103 cm³/mol. The summed E-state index contributed by atoms with van der Waals surface area (Å²) in [5.74, 6) is 2.16. The lowest BCUT2D eigenvalue weighted by molar-refractivity contribution is 0.412. The highest BCUT2D eigenvalue weighted by atomic mass is 79.9. The Bertz CT molecular complexity index is 964. The minimum Gasteiger partial charge on any atom is -0.497 e. The van der Waals surface area contributed by atoms with Gasteiger partial charge in [-0.1, -0.05) is 0 Å². The molecule has 0 amide bonds. The summed E-state index contributed by atoms with van der Waals surface area (Å²) >= 11 is 8.74. The smallest absolute Gasteiger partial charge is 0.216 e. The lowest BCUT2D eigenvalue weighted by Crippen LogP contribution is -1.95. The highest BCUT2D eigenvalue weighted by molar-refractivity contribution is 9.10. The zero-order valence-corrected chi connectivity index (χ0v) is 16.0. The molecule has 25 heavy (non-hydrogen) atoms. The second-order valence-electron chi connectivity index (χ2n) is 5.03. The van der Waals surface area contributed by atoms with Crippen LogP contribution in [0.5, 0.6) is 11.5 Å². The van der Waals surface area contributed by atoms with E-state index in [1.807, 2.05) is 42.5 Å². The van der Waals surface area contributed by atoms with E-state index in [2.05, 4.69) is 31.2 Å². The largest absolute Gasteiger partial charge is 0.497 e. The minimum absolute atomic E-state index is 0.412. The minimum atomic E-state index is 0.412. The molecular weight excluding hydrogens is 404 g/mol. The van der Waals surface area contributed by atoms with Gasteiger partial charge in [-0.05, 0) is 76.2 Å². The summed E-state index contributed by atoms with van der Waals surface area (Å²) in [4.78, 5) is 0. The zero-order chi connectivity index (χ0) is 17.8. The Morgan fingerprint density at radius 1 is 1.16 bits per heavy atom. The Kier molecular flexibility index (Phi) is 5.30. The van der Waals surface area contributed by atoms with E-state index in [-0.39, 0.29) is 0 Å². The van der Waals surface area contributed by atoms with Crippen molar-refractivity contribution in [2.24, 2.45) is 5.10 Å². The summed E-state index contributed by atoms with van der Waals surface area (Å²) in [6.45, 7) is 0. The Hall–Kier alpha value is -2.45. The van der Waals surface area contributed by atoms with Gasteiger partial charge in [0, 0.05) is 5.56 Å². The maximum absolute atomic E-state index is 5.28. The van der Waals surface area contributed by atoms with Crippen LogP contribution in [0, 0.1) is 4.77 Å². The van der Waals surface area contributed by atoms with E-state index in [0.29, 0.717) is 10.6 Å². The maximum Gasteiger partial charge on any atom is 0.216 e. The number of ether oxygens (including phenoxy) is 2. The van der Waals surface area contributed by atoms with Gasteiger partial charge in [-0.25, -0.2) is 5.10 Å². The molecule has 1 aromatic heterocycles. The lowest BCUT2D eigenvalue weighted by Gasteiger charge is -2.04. The third kappa shape index (κ3) is 3.80. The molecule has 3 rings (SSSR count). The molecule has 1 heterocycles. The molecule has 0 aliphatic heterocycles. The van der Waals surface area contributed by atoms with E-state index in [1.165, 1.54) is 0 Å². The maximum atomic E-state index is 5.28. The first-order chi connectivity index (χ1) is 12.1. The fraction of sp³-hybridized carbons (Fsp3) is 0.118. The molecule has 0 aliphatic rings. The topological polar surface area (TPSA) is 64.4 Å². The van der Waals surface area contributed by atoms with Crippen LogP contribution < -0.4 is 9.47 Å². The summed E-state index contributed by atoms with van der Waals surface area (Å²) in [5, 5.41) is 11.5. The number of H-pyrrole nitrogens is 1. The summed E-state index contributed by atoms with van der Waals surface area (Å²) in [5.41, 5.74) is 1.78. The average Bonchev–Trinajstić information content (AvgIpc) is 3.00. The molecule has 0 spiro atoms. The van der Waals surface area contributed by atoms with Crippen LogP contribution in [0.15, 0.2) is 52.0 Å². The highest BCUT2D eigenvalue weighted by Gasteiger charge is 2.08. The Balaban J connectivity index is 1.93. The van der Waals surface area contributed by atoms with E-state index < -0.39 is 0 Å². The predicted octanol–water partition coefficient (Wildman–Crippen LogP) is 4.27. The van der Waals surface area contributed by atoms with E-state index in [4.69, 9.17) is 21.7 Å². The number of methoxy groups -OCH3 is 2. The number of benzene rings is 2. The SMILES string of the molecule is COc1ccc(-c2n[nH]c(=S)n2N=Cc2ccc(OC)c(Br)c2)cc1. The van der Waals surface area contributed by atoms with Gasteiger partial charge < -0.3 is 9.47 Å².